The molecule has 0 radical (unpaired) electrons. The van der Waals surface area contributed by atoms with Crippen LogP contribution in [0.4, 0.5) is 5.69 Å². The van der Waals surface area contributed by atoms with E-state index < -0.39 is 5.78 Å². The normalized spacial score (nSPS) is 14.7. The average molecular weight is 388 g/mol. The van der Waals surface area contributed by atoms with Crippen LogP contribution in [-0.2, 0) is 9.53 Å². The minimum absolute atomic E-state index is 0.204. The van der Waals surface area contributed by atoms with Crippen molar-refractivity contribution >= 4 is 52.6 Å². The molecule has 0 unspecified atom stereocenters. The van der Waals surface area contributed by atoms with Gasteiger partial charge in [0.05, 0.1) is 28.9 Å². The molecule has 0 atom stereocenters. The van der Waals surface area contributed by atoms with E-state index in [4.69, 9.17) is 39.5 Å². The fourth-order valence-electron chi connectivity index (χ4n) is 2.68. The predicted octanol–water partition coefficient (Wildman–Crippen LogP) is 3.66. The highest BCUT2D eigenvalue weighted by atomic mass is 35.5. The van der Waals surface area contributed by atoms with Gasteiger partial charge in [-0.25, -0.2) is 0 Å². The molecule has 0 spiro atoms. The Balaban J connectivity index is 2.17. The Hall–Kier alpha value is -1.53. The summed E-state index contributed by atoms with van der Waals surface area (Å²) >= 11 is 18.4. The highest BCUT2D eigenvalue weighted by molar-refractivity contribution is 6.42. The summed E-state index contributed by atoms with van der Waals surface area (Å²) in [6.45, 7) is 2.32. The van der Waals surface area contributed by atoms with Crippen molar-refractivity contribution in [3.8, 4) is 5.69 Å². The maximum absolute atomic E-state index is 12.3. The number of morpholine rings is 1. The fourth-order valence-corrected chi connectivity index (χ4v) is 3.26. The van der Waals surface area contributed by atoms with Gasteiger partial charge in [0.2, 0.25) is 5.78 Å². The van der Waals surface area contributed by atoms with Crippen molar-refractivity contribution in [2.45, 2.75) is 0 Å². The van der Waals surface area contributed by atoms with Crippen molar-refractivity contribution in [1.29, 1.82) is 0 Å². The zero-order valence-electron chi connectivity index (χ0n) is 12.5. The fraction of sp³-hybridized carbons (Fsp3) is 0.250. The molecule has 1 aliphatic heterocycles. The Morgan fingerprint density at radius 2 is 1.79 bits per heavy atom. The van der Waals surface area contributed by atoms with Gasteiger partial charge in [0.15, 0.2) is 6.29 Å². The van der Waals surface area contributed by atoms with E-state index in [0.717, 1.165) is 0 Å². The summed E-state index contributed by atoms with van der Waals surface area (Å²) in [6.07, 6.45) is 0.281. The van der Waals surface area contributed by atoms with Crippen molar-refractivity contribution in [3.05, 3.63) is 45.2 Å². The number of Topliss-reactive ketones (excluding diaryl/α,β-unsaturated/α-hetero) is 1. The van der Waals surface area contributed by atoms with E-state index >= 15 is 0 Å². The largest absolute Gasteiger partial charge is 0.378 e. The lowest BCUT2D eigenvalue weighted by Gasteiger charge is -2.28. The second-order valence-electron chi connectivity index (χ2n) is 5.22. The lowest BCUT2D eigenvalue weighted by molar-refractivity contribution is -0.104. The molecule has 1 fully saturated rings. The number of anilines is 1. The number of benzene rings is 1. The molecule has 1 aromatic carbocycles. The smallest absolute Gasteiger partial charge is 0.244 e. The Morgan fingerprint density at radius 3 is 2.42 bits per heavy atom. The van der Waals surface area contributed by atoms with Crippen LogP contribution in [0.15, 0.2) is 24.3 Å². The van der Waals surface area contributed by atoms with Crippen LogP contribution >= 0.6 is 34.8 Å². The minimum atomic E-state index is -0.658. The number of carbonyl (C=O) groups excluding carboxylic acids is 2. The Bertz CT molecular complexity index is 798. The van der Waals surface area contributed by atoms with Gasteiger partial charge in [-0.2, -0.15) is 0 Å². The Kier molecular flexibility index (Phi) is 5.15. The van der Waals surface area contributed by atoms with Crippen LogP contribution in [0.2, 0.25) is 15.2 Å². The molecule has 1 saturated heterocycles. The molecular weight excluding hydrogens is 375 g/mol. The van der Waals surface area contributed by atoms with Crippen LogP contribution in [0.1, 0.15) is 10.5 Å². The number of ketones is 1. The number of rotatable bonds is 4. The second-order valence-corrected chi connectivity index (χ2v) is 6.42. The lowest BCUT2D eigenvalue weighted by Crippen LogP contribution is -2.37. The van der Waals surface area contributed by atoms with Crippen LogP contribution in [0.3, 0.4) is 0 Å². The molecule has 8 heteroatoms. The van der Waals surface area contributed by atoms with Crippen LogP contribution in [0.25, 0.3) is 5.69 Å². The molecule has 0 N–H and O–H groups in total. The van der Waals surface area contributed by atoms with E-state index in [-0.39, 0.29) is 12.0 Å². The van der Waals surface area contributed by atoms with Crippen LogP contribution in [0, 0.1) is 0 Å². The van der Waals surface area contributed by atoms with E-state index in [1.54, 1.807) is 24.3 Å². The van der Waals surface area contributed by atoms with Gasteiger partial charge in [-0.1, -0.05) is 34.8 Å². The number of halogens is 3. The summed E-state index contributed by atoms with van der Waals surface area (Å²) in [5, 5.41) is 1.02. The molecule has 126 valence electrons. The molecule has 0 bridgehead atoms. The third-order valence-corrected chi connectivity index (χ3v) is 4.81. The summed E-state index contributed by atoms with van der Waals surface area (Å²) in [5.41, 5.74) is 1.36. The van der Waals surface area contributed by atoms with Crippen LogP contribution in [0.5, 0.6) is 0 Å². The van der Waals surface area contributed by atoms with Crippen molar-refractivity contribution in [3.63, 3.8) is 0 Å². The van der Waals surface area contributed by atoms with Crippen LogP contribution in [-0.4, -0.2) is 42.9 Å². The Labute approximate surface area is 153 Å². The minimum Gasteiger partial charge on any atom is -0.378 e. The van der Waals surface area contributed by atoms with Crippen LogP contribution < -0.4 is 4.90 Å². The molecule has 5 nitrogen and oxygen atoms in total. The monoisotopic (exact) mass is 386 g/mol. The van der Waals surface area contributed by atoms with Crippen molar-refractivity contribution in [2.75, 3.05) is 31.2 Å². The number of carbonyl (C=O) groups is 2. The number of hydrogen-bond donors (Lipinski definition) is 0. The van der Waals surface area contributed by atoms with Gasteiger partial charge in [-0.3, -0.25) is 14.2 Å². The predicted molar refractivity (Wildman–Crippen MR) is 94.2 cm³/mol. The summed E-state index contributed by atoms with van der Waals surface area (Å²) in [5.74, 6) is -0.658. The summed E-state index contributed by atoms with van der Waals surface area (Å²) in [4.78, 5) is 25.4. The van der Waals surface area contributed by atoms with E-state index in [2.05, 4.69) is 0 Å². The summed E-state index contributed by atoms with van der Waals surface area (Å²) in [7, 11) is 0. The SMILES string of the molecule is O=CC(=O)c1c(N2CCOCC2)cc(Cl)n1-c1ccc(Cl)c(Cl)c1. The lowest BCUT2D eigenvalue weighted by atomic mass is 10.2. The van der Waals surface area contributed by atoms with E-state index in [1.807, 2.05) is 4.90 Å². The van der Waals surface area contributed by atoms with Gasteiger partial charge in [-0.05, 0) is 24.3 Å². The maximum Gasteiger partial charge on any atom is 0.244 e. The number of ether oxygens (including phenoxy) is 1. The topological polar surface area (TPSA) is 51.5 Å². The average Bonchev–Trinajstić information content (AvgIpc) is 2.95. The zero-order valence-corrected chi connectivity index (χ0v) is 14.7. The summed E-state index contributed by atoms with van der Waals surface area (Å²) in [6, 6.07) is 6.57. The molecule has 2 heterocycles. The quantitative estimate of drug-likeness (QED) is 0.456. The first-order valence-electron chi connectivity index (χ1n) is 7.22. The number of nitrogens with zero attached hydrogens (tertiary/aromatic N) is 2. The molecule has 3 rings (SSSR count). The van der Waals surface area contributed by atoms with Crippen molar-refractivity contribution < 1.29 is 14.3 Å². The first-order valence-corrected chi connectivity index (χ1v) is 8.35. The number of hydrogen-bond acceptors (Lipinski definition) is 4. The first kappa shape index (κ1) is 17.3. The van der Waals surface area contributed by atoms with E-state index in [9.17, 15) is 9.59 Å². The molecule has 1 aromatic heterocycles. The zero-order chi connectivity index (χ0) is 17.3. The van der Waals surface area contributed by atoms with Gasteiger partial charge < -0.3 is 9.64 Å². The molecule has 0 aliphatic carbocycles. The van der Waals surface area contributed by atoms with Gasteiger partial charge in [-0.15, -0.1) is 0 Å². The van der Waals surface area contributed by atoms with E-state index in [1.165, 1.54) is 4.57 Å². The highest BCUT2D eigenvalue weighted by Gasteiger charge is 2.26. The van der Waals surface area contributed by atoms with E-state index in [0.29, 0.717) is 52.9 Å². The standard InChI is InChI=1S/C16H13Cl3N2O3/c17-11-2-1-10(7-12(11)18)21-15(19)8-13(16(21)14(23)9-22)20-3-5-24-6-4-20/h1-2,7-9H,3-6H2. The number of aromatic nitrogens is 1. The maximum atomic E-state index is 12.3. The van der Waals surface area contributed by atoms with Gasteiger partial charge in [0.25, 0.3) is 0 Å². The number of aldehydes is 1. The highest BCUT2D eigenvalue weighted by Crippen LogP contribution is 2.34. The molecule has 0 saturated carbocycles. The molecular formula is C16H13Cl3N2O3. The third kappa shape index (κ3) is 3.17. The molecule has 2 aromatic rings. The molecule has 24 heavy (non-hydrogen) atoms. The van der Waals surface area contributed by atoms with Crippen molar-refractivity contribution in [2.24, 2.45) is 0 Å². The Morgan fingerprint density at radius 1 is 1.08 bits per heavy atom. The molecule has 0 amide bonds. The van der Waals surface area contributed by atoms with Gasteiger partial charge >= 0.3 is 0 Å². The third-order valence-electron chi connectivity index (χ3n) is 3.79. The molecule has 1 aliphatic rings. The summed E-state index contributed by atoms with van der Waals surface area (Å²) < 4.78 is 6.84. The van der Waals surface area contributed by atoms with Crippen molar-refractivity contribution in [1.82, 2.24) is 4.57 Å². The second kappa shape index (κ2) is 7.15. The first-order chi connectivity index (χ1) is 11.5. The van der Waals surface area contributed by atoms with Gasteiger partial charge in [0.1, 0.15) is 10.8 Å². The van der Waals surface area contributed by atoms with Gasteiger partial charge in [0, 0.05) is 18.8 Å².